The number of anilines is 1. The van der Waals surface area contributed by atoms with E-state index in [0.717, 1.165) is 31.7 Å². The normalized spacial score (nSPS) is 16.2. The van der Waals surface area contributed by atoms with Crippen molar-refractivity contribution >= 4 is 28.9 Å². The second-order valence-corrected chi connectivity index (χ2v) is 5.72. The van der Waals surface area contributed by atoms with Crippen LogP contribution in [0.1, 0.15) is 48.9 Å². The lowest BCUT2D eigenvalue weighted by Crippen LogP contribution is -2.34. The lowest BCUT2D eigenvalue weighted by atomic mass is 10.1. The van der Waals surface area contributed by atoms with E-state index in [9.17, 15) is 14.9 Å². The summed E-state index contributed by atoms with van der Waals surface area (Å²) < 4.78 is 0. The molecule has 1 amide bonds. The van der Waals surface area contributed by atoms with Crippen LogP contribution >= 0.6 is 11.6 Å². The number of carbonyl (C=O) groups excluding carboxylic acids is 1. The van der Waals surface area contributed by atoms with E-state index in [0.29, 0.717) is 0 Å². The summed E-state index contributed by atoms with van der Waals surface area (Å²) in [6.07, 6.45) is 6.36. The van der Waals surface area contributed by atoms with Gasteiger partial charge in [-0.3, -0.25) is 14.9 Å². The van der Waals surface area contributed by atoms with Gasteiger partial charge in [-0.05, 0) is 12.8 Å². The van der Waals surface area contributed by atoms with Gasteiger partial charge in [0.1, 0.15) is 0 Å². The van der Waals surface area contributed by atoms with E-state index in [1.54, 1.807) is 0 Å². The SMILES string of the molecule is Nc1c(Cl)cc([N+](=O)[O-])cc1C(=O)NC1CCCCCC1. The Hall–Kier alpha value is -1.82. The number of nitrogens with zero attached hydrogens (tertiary/aromatic N) is 1. The minimum Gasteiger partial charge on any atom is -0.397 e. The summed E-state index contributed by atoms with van der Waals surface area (Å²) in [7, 11) is 0. The molecule has 1 aromatic carbocycles. The molecule has 1 aromatic rings. The van der Waals surface area contributed by atoms with Crippen molar-refractivity contribution in [3.8, 4) is 0 Å². The Bertz CT molecular complexity index is 555. The van der Waals surface area contributed by atoms with Crippen molar-refractivity contribution in [3.63, 3.8) is 0 Å². The van der Waals surface area contributed by atoms with E-state index < -0.39 is 10.8 Å². The molecule has 1 saturated carbocycles. The molecule has 1 fully saturated rings. The van der Waals surface area contributed by atoms with Gasteiger partial charge in [0.2, 0.25) is 0 Å². The number of halogens is 1. The highest BCUT2D eigenvalue weighted by molar-refractivity contribution is 6.34. The van der Waals surface area contributed by atoms with E-state index in [2.05, 4.69) is 5.32 Å². The molecule has 0 atom stereocenters. The molecule has 0 aromatic heterocycles. The molecule has 0 unspecified atom stereocenters. The van der Waals surface area contributed by atoms with E-state index in [4.69, 9.17) is 17.3 Å². The number of benzene rings is 1. The molecule has 0 radical (unpaired) electrons. The maximum absolute atomic E-state index is 12.3. The lowest BCUT2D eigenvalue weighted by Gasteiger charge is -2.17. The van der Waals surface area contributed by atoms with E-state index in [-0.39, 0.29) is 28.0 Å². The van der Waals surface area contributed by atoms with Crippen molar-refractivity contribution in [1.82, 2.24) is 5.32 Å². The number of carbonyl (C=O) groups is 1. The Kier molecular flexibility index (Phi) is 5.01. The second kappa shape index (κ2) is 6.76. The zero-order valence-electron chi connectivity index (χ0n) is 11.6. The highest BCUT2D eigenvalue weighted by atomic mass is 35.5. The number of nitrogens with one attached hydrogen (secondary N) is 1. The molecular weight excluding hydrogens is 294 g/mol. The quantitative estimate of drug-likeness (QED) is 0.387. The van der Waals surface area contributed by atoms with Gasteiger partial charge in [0, 0.05) is 18.2 Å². The molecule has 1 aliphatic rings. The Labute approximate surface area is 127 Å². The summed E-state index contributed by atoms with van der Waals surface area (Å²) in [6.45, 7) is 0. The molecule has 21 heavy (non-hydrogen) atoms. The van der Waals surface area contributed by atoms with E-state index in [1.165, 1.54) is 18.9 Å². The third-order valence-electron chi connectivity index (χ3n) is 3.76. The van der Waals surface area contributed by atoms with E-state index >= 15 is 0 Å². The van der Waals surface area contributed by atoms with Crippen LogP contribution in [0.5, 0.6) is 0 Å². The van der Waals surface area contributed by atoms with Crippen LogP contribution in [0, 0.1) is 10.1 Å². The zero-order chi connectivity index (χ0) is 15.4. The fourth-order valence-electron chi connectivity index (χ4n) is 2.58. The van der Waals surface area contributed by atoms with Crippen molar-refractivity contribution in [3.05, 3.63) is 32.8 Å². The third-order valence-corrected chi connectivity index (χ3v) is 4.07. The Morgan fingerprint density at radius 3 is 2.48 bits per heavy atom. The third kappa shape index (κ3) is 3.85. The predicted molar refractivity (Wildman–Crippen MR) is 81.5 cm³/mol. The number of nitro groups is 1. The minimum absolute atomic E-state index is 0.0233. The average molecular weight is 312 g/mol. The molecule has 0 saturated heterocycles. The van der Waals surface area contributed by atoms with Gasteiger partial charge in [0.05, 0.1) is 21.2 Å². The number of non-ortho nitro benzene ring substituents is 1. The molecule has 0 aliphatic heterocycles. The van der Waals surface area contributed by atoms with Crippen LogP contribution in [-0.4, -0.2) is 16.9 Å². The molecular formula is C14H18ClN3O3. The van der Waals surface area contributed by atoms with Gasteiger partial charge < -0.3 is 11.1 Å². The Morgan fingerprint density at radius 1 is 1.29 bits per heavy atom. The first-order valence-corrected chi connectivity index (χ1v) is 7.41. The number of hydrogen-bond donors (Lipinski definition) is 2. The van der Waals surface area contributed by atoms with Gasteiger partial charge >= 0.3 is 0 Å². The Morgan fingerprint density at radius 2 is 1.90 bits per heavy atom. The molecule has 6 nitrogen and oxygen atoms in total. The highest BCUT2D eigenvalue weighted by Crippen LogP contribution is 2.29. The maximum Gasteiger partial charge on any atom is 0.271 e. The molecule has 0 spiro atoms. The number of hydrogen-bond acceptors (Lipinski definition) is 4. The first kappa shape index (κ1) is 15.6. The average Bonchev–Trinajstić information content (AvgIpc) is 2.69. The minimum atomic E-state index is -0.590. The number of nitrogen functional groups attached to an aromatic ring is 1. The van der Waals surface area contributed by atoms with Crippen molar-refractivity contribution in [1.29, 1.82) is 0 Å². The van der Waals surface area contributed by atoms with Crippen LogP contribution in [0.2, 0.25) is 5.02 Å². The van der Waals surface area contributed by atoms with Crippen molar-refractivity contribution in [2.75, 3.05) is 5.73 Å². The fraction of sp³-hybridized carbons (Fsp3) is 0.500. The number of nitrogens with two attached hydrogens (primary N) is 1. The van der Waals surface area contributed by atoms with Gasteiger partial charge in [-0.25, -0.2) is 0 Å². The summed E-state index contributed by atoms with van der Waals surface area (Å²) >= 11 is 5.87. The van der Waals surface area contributed by atoms with Gasteiger partial charge in [-0.2, -0.15) is 0 Å². The zero-order valence-corrected chi connectivity index (χ0v) is 12.4. The molecule has 0 heterocycles. The van der Waals surface area contributed by atoms with Crippen molar-refractivity contribution < 1.29 is 9.72 Å². The molecule has 1 aliphatic carbocycles. The second-order valence-electron chi connectivity index (χ2n) is 5.31. The van der Waals surface area contributed by atoms with Crippen molar-refractivity contribution in [2.45, 2.75) is 44.6 Å². The standard InChI is InChI=1S/C14H18ClN3O3/c15-12-8-10(18(20)21)7-11(13(12)16)14(19)17-9-5-3-1-2-4-6-9/h7-9H,1-6,16H2,(H,17,19). The maximum atomic E-state index is 12.3. The van der Waals surface area contributed by atoms with Crippen LogP contribution in [0.25, 0.3) is 0 Å². The topological polar surface area (TPSA) is 98.3 Å². The molecule has 2 rings (SSSR count). The Balaban J connectivity index is 2.19. The summed E-state index contributed by atoms with van der Waals surface area (Å²) in [5.41, 5.74) is 5.68. The fourth-order valence-corrected chi connectivity index (χ4v) is 2.80. The van der Waals surface area contributed by atoms with E-state index in [1.807, 2.05) is 0 Å². The van der Waals surface area contributed by atoms with Gasteiger partial charge in [0.15, 0.2) is 0 Å². The van der Waals surface area contributed by atoms with Crippen LogP contribution in [0.3, 0.4) is 0 Å². The van der Waals surface area contributed by atoms with Gasteiger partial charge in [-0.15, -0.1) is 0 Å². The largest absolute Gasteiger partial charge is 0.397 e. The first-order chi connectivity index (χ1) is 9.99. The predicted octanol–water partition coefficient (Wildman–Crippen LogP) is 3.28. The summed E-state index contributed by atoms with van der Waals surface area (Å²) in [5.74, 6) is -0.398. The first-order valence-electron chi connectivity index (χ1n) is 7.03. The monoisotopic (exact) mass is 311 g/mol. The molecule has 0 bridgehead atoms. The lowest BCUT2D eigenvalue weighted by molar-refractivity contribution is -0.384. The van der Waals surface area contributed by atoms with Gasteiger partial charge in [0.25, 0.3) is 11.6 Å². The van der Waals surface area contributed by atoms with Crippen LogP contribution < -0.4 is 11.1 Å². The van der Waals surface area contributed by atoms with Crippen molar-refractivity contribution in [2.24, 2.45) is 0 Å². The molecule has 7 heteroatoms. The summed E-state index contributed by atoms with van der Waals surface area (Å²) in [4.78, 5) is 22.6. The number of rotatable bonds is 3. The molecule has 114 valence electrons. The molecule has 3 N–H and O–H groups in total. The highest BCUT2D eigenvalue weighted by Gasteiger charge is 2.21. The smallest absolute Gasteiger partial charge is 0.271 e. The van der Waals surface area contributed by atoms with Gasteiger partial charge in [-0.1, -0.05) is 37.3 Å². The summed E-state index contributed by atoms with van der Waals surface area (Å²) in [5, 5.41) is 13.8. The number of nitro benzene ring substituents is 1. The van der Waals surface area contributed by atoms with Crippen LogP contribution in [-0.2, 0) is 0 Å². The van der Waals surface area contributed by atoms with Crippen LogP contribution in [0.15, 0.2) is 12.1 Å². The summed E-state index contributed by atoms with van der Waals surface area (Å²) in [6, 6.07) is 2.42. The van der Waals surface area contributed by atoms with Crippen LogP contribution in [0.4, 0.5) is 11.4 Å². The number of amides is 1.